The molecule has 0 saturated heterocycles. The Bertz CT molecular complexity index is 899. The summed E-state index contributed by atoms with van der Waals surface area (Å²) in [5.41, 5.74) is 7.40. The molecule has 0 fully saturated rings. The van der Waals surface area contributed by atoms with Gasteiger partial charge in [-0.3, -0.25) is 0 Å². The van der Waals surface area contributed by atoms with Crippen LogP contribution >= 0.6 is 22.6 Å². The Balaban J connectivity index is 1.72. The maximum Gasteiger partial charge on any atom is 0.365 e. The molecule has 0 spiro atoms. The van der Waals surface area contributed by atoms with Crippen molar-refractivity contribution in [2.75, 3.05) is 0 Å². The van der Waals surface area contributed by atoms with E-state index in [-0.39, 0.29) is 5.84 Å². The highest BCUT2D eigenvalue weighted by molar-refractivity contribution is 14.1. The summed E-state index contributed by atoms with van der Waals surface area (Å²) >= 11 is 2.17. The van der Waals surface area contributed by atoms with Crippen molar-refractivity contribution in [2.45, 2.75) is 6.42 Å². The Morgan fingerprint density at radius 3 is 2.50 bits per heavy atom. The second-order valence-corrected chi connectivity index (χ2v) is 6.53. The van der Waals surface area contributed by atoms with Crippen molar-refractivity contribution in [2.24, 2.45) is 10.9 Å². The van der Waals surface area contributed by atoms with E-state index in [2.05, 4.69) is 27.7 Å². The summed E-state index contributed by atoms with van der Waals surface area (Å²) in [6.07, 6.45) is 0.418. The van der Waals surface area contributed by atoms with Gasteiger partial charge in [0.1, 0.15) is 5.84 Å². The van der Waals surface area contributed by atoms with Crippen LogP contribution in [0.15, 0.2) is 71.9 Å². The van der Waals surface area contributed by atoms with Crippen LogP contribution < -0.4 is 5.73 Å². The zero-order valence-corrected chi connectivity index (χ0v) is 14.9. The molecule has 0 saturated carbocycles. The largest absolute Gasteiger partial charge is 0.384 e. The lowest BCUT2D eigenvalue weighted by molar-refractivity contribution is 0.0515. The van der Waals surface area contributed by atoms with Crippen molar-refractivity contribution in [1.29, 1.82) is 0 Å². The van der Waals surface area contributed by atoms with E-state index in [9.17, 15) is 4.79 Å². The molecule has 0 atom stereocenters. The first-order chi connectivity index (χ1) is 11.6. The predicted molar refractivity (Wildman–Crippen MR) is 104 cm³/mol. The second-order valence-electron chi connectivity index (χ2n) is 5.28. The number of halogens is 1. The Hall–Kier alpha value is -2.41. The molecule has 120 valence electrons. The van der Waals surface area contributed by atoms with Crippen molar-refractivity contribution in [3.05, 3.63) is 81.4 Å². The van der Waals surface area contributed by atoms with Crippen molar-refractivity contribution in [1.82, 2.24) is 0 Å². The number of nitrogens with two attached hydrogens (primary N) is 1. The van der Waals surface area contributed by atoms with Gasteiger partial charge in [0, 0.05) is 9.99 Å². The fourth-order valence-electron chi connectivity index (χ4n) is 2.41. The number of rotatable bonds is 4. The minimum absolute atomic E-state index is 0.255. The summed E-state index contributed by atoms with van der Waals surface area (Å²) in [6.45, 7) is 0. The summed E-state index contributed by atoms with van der Waals surface area (Å²) in [4.78, 5) is 16.9. The van der Waals surface area contributed by atoms with E-state index in [4.69, 9.17) is 10.6 Å². The van der Waals surface area contributed by atoms with E-state index >= 15 is 0 Å². The average molecular weight is 430 g/mol. The molecule has 0 aliphatic heterocycles. The van der Waals surface area contributed by atoms with Crippen LogP contribution in [-0.2, 0) is 11.3 Å². The maximum absolute atomic E-state index is 11.9. The van der Waals surface area contributed by atoms with Gasteiger partial charge in [0.25, 0.3) is 0 Å². The lowest BCUT2D eigenvalue weighted by atomic mass is 10.0. The summed E-state index contributed by atoms with van der Waals surface area (Å²) in [7, 11) is 0. The first kappa shape index (κ1) is 16.4. The third-order valence-corrected chi connectivity index (χ3v) is 4.30. The van der Waals surface area contributed by atoms with E-state index in [1.807, 2.05) is 54.6 Å². The molecule has 3 aromatic carbocycles. The van der Waals surface area contributed by atoms with Crippen molar-refractivity contribution < 1.29 is 9.63 Å². The lowest BCUT2D eigenvalue weighted by Crippen LogP contribution is -2.17. The monoisotopic (exact) mass is 430 g/mol. The topological polar surface area (TPSA) is 64.7 Å². The molecule has 3 rings (SSSR count). The standard InChI is InChI=1S/C19H15IN2O2/c20-16-10-8-14(9-11-16)19(23)24-22-18(21)12-15-6-3-5-13-4-1-2-7-17(13)15/h1-11H,12H2,(H2,21,22). The number of nitrogens with zero attached hydrogens (tertiary/aromatic N) is 1. The van der Waals surface area contributed by atoms with Crippen LogP contribution in [0.5, 0.6) is 0 Å². The molecule has 0 aliphatic rings. The molecule has 0 aromatic heterocycles. The van der Waals surface area contributed by atoms with Gasteiger partial charge < -0.3 is 10.6 Å². The lowest BCUT2D eigenvalue weighted by Gasteiger charge is -2.06. The Labute approximate surface area is 153 Å². The number of hydrogen-bond acceptors (Lipinski definition) is 3. The summed E-state index contributed by atoms with van der Waals surface area (Å²) in [5.74, 6) is -0.266. The molecule has 0 aliphatic carbocycles. The summed E-state index contributed by atoms with van der Waals surface area (Å²) < 4.78 is 1.04. The molecule has 0 unspecified atom stereocenters. The zero-order valence-electron chi connectivity index (χ0n) is 12.8. The Morgan fingerprint density at radius 2 is 1.71 bits per heavy atom. The minimum Gasteiger partial charge on any atom is -0.384 e. The first-order valence-electron chi connectivity index (χ1n) is 7.39. The molecule has 5 heteroatoms. The normalized spacial score (nSPS) is 11.5. The van der Waals surface area contributed by atoms with Crippen LogP contribution in [0.25, 0.3) is 10.8 Å². The fraction of sp³-hybridized carbons (Fsp3) is 0.0526. The average Bonchev–Trinajstić information content (AvgIpc) is 2.61. The van der Waals surface area contributed by atoms with Crippen molar-refractivity contribution >= 4 is 45.2 Å². The molecule has 0 amide bonds. The zero-order chi connectivity index (χ0) is 16.9. The highest BCUT2D eigenvalue weighted by atomic mass is 127. The Morgan fingerprint density at radius 1 is 1.00 bits per heavy atom. The van der Waals surface area contributed by atoms with Gasteiger partial charge in [0.2, 0.25) is 0 Å². The molecule has 0 radical (unpaired) electrons. The maximum atomic E-state index is 11.9. The predicted octanol–water partition coefficient (Wildman–Crippen LogP) is 4.12. The van der Waals surface area contributed by atoms with Gasteiger partial charge >= 0.3 is 5.97 Å². The van der Waals surface area contributed by atoms with Crippen LogP contribution in [0.4, 0.5) is 0 Å². The van der Waals surface area contributed by atoms with Crippen LogP contribution in [0.2, 0.25) is 0 Å². The number of hydrogen-bond donors (Lipinski definition) is 1. The fourth-order valence-corrected chi connectivity index (χ4v) is 2.77. The molecule has 2 N–H and O–H groups in total. The van der Waals surface area contributed by atoms with Crippen molar-refractivity contribution in [3.8, 4) is 0 Å². The van der Waals surface area contributed by atoms with Gasteiger partial charge in [-0.25, -0.2) is 4.79 Å². The smallest absolute Gasteiger partial charge is 0.365 e. The van der Waals surface area contributed by atoms with Gasteiger partial charge in [0.15, 0.2) is 0 Å². The number of carbonyl (C=O) groups excluding carboxylic acids is 1. The SMILES string of the molecule is NC(Cc1cccc2ccccc12)=NOC(=O)c1ccc(I)cc1. The molecule has 4 nitrogen and oxygen atoms in total. The van der Waals surface area contributed by atoms with Gasteiger partial charge in [-0.1, -0.05) is 47.6 Å². The summed E-state index contributed by atoms with van der Waals surface area (Å²) in [5, 5.41) is 6.02. The van der Waals surface area contributed by atoms with Gasteiger partial charge in [-0.2, -0.15) is 0 Å². The number of carbonyl (C=O) groups is 1. The molecular weight excluding hydrogens is 415 g/mol. The van der Waals surface area contributed by atoms with Crippen molar-refractivity contribution in [3.63, 3.8) is 0 Å². The molecule has 3 aromatic rings. The molecule has 0 heterocycles. The van der Waals surface area contributed by atoms with Gasteiger partial charge in [-0.15, -0.1) is 0 Å². The third-order valence-electron chi connectivity index (χ3n) is 3.58. The van der Waals surface area contributed by atoms with Crippen LogP contribution in [0, 0.1) is 3.57 Å². The molecule has 0 bridgehead atoms. The number of oxime groups is 1. The van der Waals surface area contributed by atoms with Gasteiger partial charge in [0.05, 0.1) is 5.56 Å². The molecule has 24 heavy (non-hydrogen) atoms. The number of fused-ring (bicyclic) bond motifs is 1. The van der Waals surface area contributed by atoms with E-state index in [1.165, 1.54) is 0 Å². The Kier molecular flexibility index (Phi) is 5.10. The van der Waals surface area contributed by atoms with Crippen LogP contribution in [0.3, 0.4) is 0 Å². The minimum atomic E-state index is -0.521. The highest BCUT2D eigenvalue weighted by Crippen LogP contribution is 2.18. The molecular formula is C19H15IN2O2. The summed E-state index contributed by atoms with van der Waals surface area (Å²) in [6, 6.07) is 21.1. The van der Waals surface area contributed by atoms with E-state index in [0.29, 0.717) is 12.0 Å². The highest BCUT2D eigenvalue weighted by Gasteiger charge is 2.08. The van der Waals surface area contributed by atoms with Gasteiger partial charge in [-0.05, 0) is 63.2 Å². The van der Waals surface area contributed by atoms with E-state index in [1.54, 1.807) is 12.1 Å². The number of benzene rings is 3. The van der Waals surface area contributed by atoms with Crippen LogP contribution in [-0.4, -0.2) is 11.8 Å². The second kappa shape index (κ2) is 7.44. The third kappa shape index (κ3) is 3.91. The first-order valence-corrected chi connectivity index (χ1v) is 8.47. The van der Waals surface area contributed by atoms with E-state index < -0.39 is 5.97 Å². The van der Waals surface area contributed by atoms with Crippen LogP contribution in [0.1, 0.15) is 15.9 Å². The van der Waals surface area contributed by atoms with E-state index in [0.717, 1.165) is 19.9 Å². The number of amidine groups is 1. The quantitative estimate of drug-likeness (QED) is 0.223.